The quantitative estimate of drug-likeness (QED) is 0.756. The smallest absolute Gasteiger partial charge is 0.125 e. The Balaban J connectivity index is 2.84. The first-order chi connectivity index (χ1) is 9.79. The first-order valence-corrected chi connectivity index (χ1v) is 8.31. The van der Waals surface area contributed by atoms with Gasteiger partial charge in [0, 0.05) is 24.0 Å². The van der Waals surface area contributed by atoms with Gasteiger partial charge in [0.1, 0.15) is 5.75 Å². The predicted molar refractivity (Wildman–Crippen MR) is 92.0 cm³/mol. The molecular weight excluding hydrogens is 330 g/mol. The minimum atomic E-state index is -0.163. The van der Waals surface area contributed by atoms with Crippen molar-refractivity contribution in [2.75, 3.05) is 13.7 Å². The molecule has 0 aliphatic carbocycles. The molecule has 1 unspecified atom stereocenters. The molecule has 0 bridgehead atoms. The van der Waals surface area contributed by atoms with Crippen LogP contribution in [0.15, 0.2) is 16.6 Å². The van der Waals surface area contributed by atoms with Crippen molar-refractivity contribution in [1.29, 1.82) is 0 Å². The number of hydrogen-bond acceptors (Lipinski definition) is 3. The highest BCUT2D eigenvalue weighted by atomic mass is 79.9. The summed E-state index contributed by atoms with van der Waals surface area (Å²) in [5, 5.41) is 0. The molecule has 2 N–H and O–H groups in total. The summed E-state index contributed by atoms with van der Waals surface area (Å²) in [7, 11) is 1.73. The van der Waals surface area contributed by atoms with Gasteiger partial charge in [0.15, 0.2) is 0 Å². The Morgan fingerprint density at radius 3 is 2.57 bits per heavy atom. The van der Waals surface area contributed by atoms with Crippen LogP contribution in [0, 0.1) is 6.92 Å². The second-order valence-electron chi connectivity index (χ2n) is 6.15. The van der Waals surface area contributed by atoms with Crippen LogP contribution in [-0.2, 0) is 11.2 Å². The fourth-order valence-corrected chi connectivity index (χ4v) is 2.70. The highest BCUT2D eigenvalue weighted by Gasteiger charge is 2.17. The van der Waals surface area contributed by atoms with E-state index in [1.807, 2.05) is 0 Å². The number of hydrogen-bond donors (Lipinski definition) is 1. The molecule has 1 rings (SSSR count). The second-order valence-corrected chi connectivity index (χ2v) is 7.06. The van der Waals surface area contributed by atoms with Gasteiger partial charge in [-0.05, 0) is 56.9 Å². The first-order valence-electron chi connectivity index (χ1n) is 7.51. The number of rotatable bonds is 8. The minimum absolute atomic E-state index is 0.163. The Bertz CT molecular complexity index is 460. The molecule has 4 heteroatoms. The summed E-state index contributed by atoms with van der Waals surface area (Å²) < 4.78 is 12.6. The summed E-state index contributed by atoms with van der Waals surface area (Å²) in [6.45, 7) is 8.95. The van der Waals surface area contributed by atoms with Crippen LogP contribution in [0.2, 0.25) is 0 Å². The topological polar surface area (TPSA) is 44.5 Å². The molecule has 120 valence electrons. The molecule has 0 saturated heterocycles. The third kappa shape index (κ3) is 5.97. The molecule has 0 saturated carbocycles. The van der Waals surface area contributed by atoms with Crippen molar-refractivity contribution in [3.8, 4) is 5.75 Å². The van der Waals surface area contributed by atoms with Gasteiger partial charge < -0.3 is 15.2 Å². The second kappa shape index (κ2) is 8.16. The molecule has 0 radical (unpaired) electrons. The lowest BCUT2D eigenvalue weighted by atomic mass is 10.0. The first kappa shape index (κ1) is 18.5. The van der Waals surface area contributed by atoms with Crippen molar-refractivity contribution in [3.05, 3.63) is 27.7 Å². The number of benzene rings is 1. The molecule has 0 amide bonds. The maximum atomic E-state index is 6.10. The number of aryl methyl sites for hydroxylation is 1. The third-order valence-electron chi connectivity index (χ3n) is 3.83. The highest BCUT2D eigenvalue weighted by Crippen LogP contribution is 2.30. The Kier molecular flexibility index (Phi) is 7.17. The molecule has 1 atom stereocenters. The van der Waals surface area contributed by atoms with Gasteiger partial charge in [-0.25, -0.2) is 0 Å². The molecule has 1 aromatic rings. The van der Waals surface area contributed by atoms with Gasteiger partial charge in [0.25, 0.3) is 0 Å². The predicted octanol–water partition coefficient (Wildman–Crippen LogP) is 4.23. The van der Waals surface area contributed by atoms with Gasteiger partial charge in [-0.15, -0.1) is 0 Å². The monoisotopic (exact) mass is 357 g/mol. The van der Waals surface area contributed by atoms with Crippen LogP contribution >= 0.6 is 15.9 Å². The molecule has 3 nitrogen and oxygen atoms in total. The lowest BCUT2D eigenvalue weighted by Crippen LogP contribution is -2.26. The van der Waals surface area contributed by atoms with Crippen LogP contribution in [0.4, 0.5) is 0 Å². The van der Waals surface area contributed by atoms with Crippen LogP contribution in [0.1, 0.15) is 44.7 Å². The van der Waals surface area contributed by atoms with Gasteiger partial charge in [-0.2, -0.15) is 0 Å². The maximum Gasteiger partial charge on any atom is 0.125 e. The van der Waals surface area contributed by atoms with Crippen molar-refractivity contribution in [3.63, 3.8) is 0 Å². The van der Waals surface area contributed by atoms with E-state index in [4.69, 9.17) is 15.2 Å². The van der Waals surface area contributed by atoms with Crippen molar-refractivity contribution >= 4 is 15.9 Å². The van der Waals surface area contributed by atoms with E-state index in [1.165, 1.54) is 5.56 Å². The van der Waals surface area contributed by atoms with E-state index in [1.54, 1.807) is 7.11 Å². The average Bonchev–Trinajstić information content (AvgIpc) is 2.41. The Morgan fingerprint density at radius 2 is 2.00 bits per heavy atom. The molecule has 0 spiro atoms. The lowest BCUT2D eigenvalue weighted by Gasteiger charge is -2.24. The van der Waals surface area contributed by atoms with Crippen LogP contribution < -0.4 is 10.5 Å². The van der Waals surface area contributed by atoms with Crippen molar-refractivity contribution in [2.24, 2.45) is 5.73 Å². The van der Waals surface area contributed by atoms with Gasteiger partial charge in [0.2, 0.25) is 0 Å². The molecule has 21 heavy (non-hydrogen) atoms. The zero-order valence-electron chi connectivity index (χ0n) is 13.8. The van der Waals surface area contributed by atoms with Gasteiger partial charge >= 0.3 is 0 Å². The van der Waals surface area contributed by atoms with Crippen molar-refractivity contribution in [1.82, 2.24) is 0 Å². The zero-order valence-corrected chi connectivity index (χ0v) is 15.4. The Morgan fingerprint density at radius 1 is 1.33 bits per heavy atom. The van der Waals surface area contributed by atoms with Crippen LogP contribution in [0.25, 0.3) is 0 Å². The molecular formula is C17H28BrNO2. The number of methoxy groups -OCH3 is 1. The fraction of sp³-hybridized carbons (Fsp3) is 0.647. The Hall–Kier alpha value is -0.580. The summed E-state index contributed by atoms with van der Waals surface area (Å²) >= 11 is 3.55. The number of halogens is 1. The van der Waals surface area contributed by atoms with E-state index in [2.05, 4.69) is 55.8 Å². The summed E-state index contributed by atoms with van der Waals surface area (Å²) in [6.07, 6.45) is 2.64. The normalized spacial score (nSPS) is 13.3. The third-order valence-corrected chi connectivity index (χ3v) is 4.28. The molecule has 0 aromatic heterocycles. The molecule has 0 aliphatic heterocycles. The Labute approximate surface area is 137 Å². The van der Waals surface area contributed by atoms with Gasteiger partial charge in [-0.1, -0.05) is 22.9 Å². The van der Waals surface area contributed by atoms with Gasteiger partial charge in [0.05, 0.1) is 12.2 Å². The fourth-order valence-electron chi connectivity index (χ4n) is 2.09. The molecule has 1 aromatic carbocycles. The molecule has 0 heterocycles. The largest absolute Gasteiger partial charge is 0.493 e. The van der Waals surface area contributed by atoms with E-state index in [-0.39, 0.29) is 11.6 Å². The maximum absolute atomic E-state index is 6.10. The summed E-state index contributed by atoms with van der Waals surface area (Å²) in [6, 6.07) is 4.35. The van der Waals surface area contributed by atoms with Crippen LogP contribution in [-0.4, -0.2) is 25.4 Å². The highest BCUT2D eigenvalue weighted by molar-refractivity contribution is 9.10. The van der Waals surface area contributed by atoms with E-state index in [0.29, 0.717) is 6.61 Å². The summed E-state index contributed by atoms with van der Waals surface area (Å²) in [5.74, 6) is 0.967. The van der Waals surface area contributed by atoms with E-state index in [0.717, 1.165) is 35.0 Å². The van der Waals surface area contributed by atoms with Gasteiger partial charge in [-0.3, -0.25) is 0 Å². The summed E-state index contributed by atoms with van der Waals surface area (Å²) in [4.78, 5) is 0. The SMILES string of the molecule is CCC(N)Cc1cc(Br)cc(C)c1OCCC(C)(C)OC. The minimum Gasteiger partial charge on any atom is -0.493 e. The standard InChI is InChI=1S/C17H28BrNO2/c1-6-15(19)11-13-10-14(18)9-12(2)16(13)21-8-7-17(3,4)20-5/h9-10,15H,6-8,11,19H2,1-5H3. The molecule has 0 aliphatic rings. The van der Waals surface area contributed by atoms with E-state index >= 15 is 0 Å². The van der Waals surface area contributed by atoms with Crippen LogP contribution in [0.5, 0.6) is 5.75 Å². The van der Waals surface area contributed by atoms with E-state index < -0.39 is 0 Å². The average molecular weight is 358 g/mol. The van der Waals surface area contributed by atoms with E-state index in [9.17, 15) is 0 Å². The number of ether oxygens (including phenoxy) is 2. The molecule has 0 fully saturated rings. The van der Waals surface area contributed by atoms with Crippen molar-refractivity contribution in [2.45, 2.75) is 58.6 Å². The lowest BCUT2D eigenvalue weighted by molar-refractivity contribution is 0.00531. The van der Waals surface area contributed by atoms with Crippen molar-refractivity contribution < 1.29 is 9.47 Å². The summed E-state index contributed by atoms with van der Waals surface area (Å²) in [5.41, 5.74) is 8.25. The van der Waals surface area contributed by atoms with Crippen LogP contribution in [0.3, 0.4) is 0 Å². The zero-order chi connectivity index (χ0) is 16.0. The number of nitrogens with two attached hydrogens (primary N) is 1.